The van der Waals surface area contributed by atoms with Gasteiger partial charge in [0.1, 0.15) is 11.5 Å². The SMILES string of the molecule is Cc1nccc(C(=O)N2CCC[C@H]2c2cnn(C)c2)n1. The molecule has 0 aromatic carbocycles. The predicted molar refractivity (Wildman–Crippen MR) is 73.0 cm³/mol. The lowest BCUT2D eigenvalue weighted by molar-refractivity contribution is 0.0729. The molecule has 1 fully saturated rings. The van der Waals surface area contributed by atoms with Crippen LogP contribution in [-0.2, 0) is 7.05 Å². The molecule has 6 heteroatoms. The Kier molecular flexibility index (Phi) is 3.22. The van der Waals surface area contributed by atoms with Gasteiger partial charge in [-0.25, -0.2) is 9.97 Å². The zero-order valence-electron chi connectivity index (χ0n) is 11.7. The maximum atomic E-state index is 12.6. The quantitative estimate of drug-likeness (QED) is 0.830. The Morgan fingerprint density at radius 2 is 2.30 bits per heavy atom. The van der Waals surface area contributed by atoms with Gasteiger partial charge in [-0.05, 0) is 25.8 Å². The van der Waals surface area contributed by atoms with Gasteiger partial charge in [-0.1, -0.05) is 0 Å². The maximum absolute atomic E-state index is 12.6. The van der Waals surface area contributed by atoms with E-state index in [0.29, 0.717) is 11.5 Å². The molecule has 2 aromatic heterocycles. The van der Waals surface area contributed by atoms with Crippen molar-refractivity contribution in [2.24, 2.45) is 7.05 Å². The normalized spacial score (nSPS) is 18.5. The van der Waals surface area contributed by atoms with Crippen molar-refractivity contribution in [3.05, 3.63) is 41.7 Å². The van der Waals surface area contributed by atoms with Crippen molar-refractivity contribution in [2.75, 3.05) is 6.54 Å². The summed E-state index contributed by atoms with van der Waals surface area (Å²) in [7, 11) is 1.89. The number of carbonyl (C=O) groups excluding carboxylic acids is 1. The van der Waals surface area contributed by atoms with Crippen LogP contribution in [0.5, 0.6) is 0 Å². The lowest BCUT2D eigenvalue weighted by atomic mass is 10.1. The molecule has 1 aliphatic rings. The zero-order valence-corrected chi connectivity index (χ0v) is 11.7. The monoisotopic (exact) mass is 271 g/mol. The van der Waals surface area contributed by atoms with Gasteiger partial charge < -0.3 is 4.90 Å². The molecule has 3 heterocycles. The first kappa shape index (κ1) is 12.8. The van der Waals surface area contributed by atoms with E-state index in [-0.39, 0.29) is 11.9 Å². The summed E-state index contributed by atoms with van der Waals surface area (Å²) < 4.78 is 1.77. The lowest BCUT2D eigenvalue weighted by Crippen LogP contribution is -2.31. The minimum atomic E-state index is -0.0261. The molecular formula is C14H17N5O. The molecular weight excluding hydrogens is 254 g/mol. The van der Waals surface area contributed by atoms with Crippen LogP contribution in [0.2, 0.25) is 0 Å². The average molecular weight is 271 g/mol. The number of aryl methyl sites for hydroxylation is 2. The lowest BCUT2D eigenvalue weighted by Gasteiger charge is -2.23. The van der Waals surface area contributed by atoms with Crippen molar-refractivity contribution >= 4 is 5.91 Å². The van der Waals surface area contributed by atoms with E-state index >= 15 is 0 Å². The Morgan fingerprint density at radius 3 is 3.00 bits per heavy atom. The Bertz CT molecular complexity index is 636. The van der Waals surface area contributed by atoms with Gasteiger partial charge in [-0.15, -0.1) is 0 Å². The molecule has 0 N–H and O–H groups in total. The second-order valence-corrected chi connectivity index (χ2v) is 5.09. The van der Waals surface area contributed by atoms with Crippen molar-refractivity contribution in [2.45, 2.75) is 25.8 Å². The molecule has 3 rings (SSSR count). The molecule has 0 bridgehead atoms. The van der Waals surface area contributed by atoms with Crippen LogP contribution in [0.1, 0.15) is 40.8 Å². The van der Waals surface area contributed by atoms with E-state index in [0.717, 1.165) is 24.9 Å². The number of rotatable bonds is 2. The number of likely N-dealkylation sites (tertiary alicyclic amines) is 1. The molecule has 1 aliphatic heterocycles. The van der Waals surface area contributed by atoms with Crippen LogP contribution in [0.4, 0.5) is 0 Å². The van der Waals surface area contributed by atoms with Crippen LogP contribution in [0.15, 0.2) is 24.7 Å². The average Bonchev–Trinajstić information content (AvgIpc) is 3.06. The van der Waals surface area contributed by atoms with Crippen molar-refractivity contribution in [3.63, 3.8) is 0 Å². The molecule has 0 spiro atoms. The summed E-state index contributed by atoms with van der Waals surface area (Å²) in [6, 6.07) is 1.78. The largest absolute Gasteiger partial charge is 0.330 e. The molecule has 1 saturated heterocycles. The van der Waals surface area contributed by atoms with Crippen molar-refractivity contribution < 1.29 is 4.79 Å². The van der Waals surface area contributed by atoms with Crippen molar-refractivity contribution in [1.82, 2.24) is 24.6 Å². The van der Waals surface area contributed by atoms with E-state index in [9.17, 15) is 4.79 Å². The molecule has 0 aliphatic carbocycles. The van der Waals surface area contributed by atoms with E-state index in [2.05, 4.69) is 15.1 Å². The van der Waals surface area contributed by atoms with Gasteiger partial charge in [0.05, 0.1) is 12.2 Å². The van der Waals surface area contributed by atoms with Crippen LogP contribution in [0, 0.1) is 6.92 Å². The molecule has 1 amide bonds. The van der Waals surface area contributed by atoms with Gasteiger partial charge in [-0.2, -0.15) is 5.10 Å². The Hall–Kier alpha value is -2.24. The predicted octanol–water partition coefficient (Wildman–Crippen LogP) is 1.50. The highest BCUT2D eigenvalue weighted by Crippen LogP contribution is 2.32. The molecule has 2 aromatic rings. The summed E-state index contributed by atoms with van der Waals surface area (Å²) in [4.78, 5) is 22.7. The fourth-order valence-corrected chi connectivity index (χ4v) is 2.69. The van der Waals surface area contributed by atoms with Gasteiger partial charge in [0.25, 0.3) is 5.91 Å². The van der Waals surface area contributed by atoms with Crippen LogP contribution in [0.3, 0.4) is 0 Å². The number of carbonyl (C=O) groups is 1. The number of nitrogens with zero attached hydrogens (tertiary/aromatic N) is 5. The smallest absolute Gasteiger partial charge is 0.273 e. The van der Waals surface area contributed by atoms with Crippen LogP contribution < -0.4 is 0 Å². The minimum absolute atomic E-state index is 0.0261. The second kappa shape index (κ2) is 5.03. The first-order valence-corrected chi connectivity index (χ1v) is 6.74. The van der Waals surface area contributed by atoms with Crippen molar-refractivity contribution in [3.8, 4) is 0 Å². The van der Waals surface area contributed by atoms with Crippen LogP contribution in [0.25, 0.3) is 0 Å². The summed E-state index contributed by atoms with van der Waals surface area (Å²) in [6.45, 7) is 2.56. The van der Waals surface area contributed by atoms with Gasteiger partial charge in [0, 0.05) is 31.5 Å². The van der Waals surface area contributed by atoms with E-state index in [1.807, 2.05) is 24.3 Å². The third kappa shape index (κ3) is 2.29. The Morgan fingerprint density at radius 1 is 1.45 bits per heavy atom. The van der Waals surface area contributed by atoms with E-state index in [4.69, 9.17) is 0 Å². The van der Waals surface area contributed by atoms with Gasteiger partial charge in [-0.3, -0.25) is 9.48 Å². The Labute approximate surface area is 117 Å². The molecule has 6 nitrogen and oxygen atoms in total. The highest BCUT2D eigenvalue weighted by molar-refractivity contribution is 5.92. The zero-order chi connectivity index (χ0) is 14.1. The third-order valence-corrected chi connectivity index (χ3v) is 3.62. The maximum Gasteiger partial charge on any atom is 0.273 e. The number of amides is 1. The second-order valence-electron chi connectivity index (χ2n) is 5.09. The number of aromatic nitrogens is 4. The standard InChI is InChI=1S/C14H17N5O/c1-10-15-6-5-12(17-10)14(20)19-7-3-4-13(19)11-8-16-18(2)9-11/h5-6,8-9,13H,3-4,7H2,1-2H3/t13-/m0/s1. The van der Waals surface area contributed by atoms with Crippen LogP contribution in [-0.4, -0.2) is 37.1 Å². The molecule has 20 heavy (non-hydrogen) atoms. The molecule has 0 saturated carbocycles. The molecule has 1 atom stereocenters. The Balaban J connectivity index is 1.87. The summed E-state index contributed by atoms with van der Waals surface area (Å²) in [5.74, 6) is 0.592. The topological polar surface area (TPSA) is 63.9 Å². The third-order valence-electron chi connectivity index (χ3n) is 3.62. The highest BCUT2D eigenvalue weighted by Gasteiger charge is 2.31. The molecule has 104 valence electrons. The summed E-state index contributed by atoms with van der Waals surface area (Å²) in [6.07, 6.45) is 7.42. The number of hydrogen-bond donors (Lipinski definition) is 0. The van der Waals surface area contributed by atoms with Gasteiger partial charge in [0.15, 0.2) is 0 Å². The molecule has 0 unspecified atom stereocenters. The highest BCUT2D eigenvalue weighted by atomic mass is 16.2. The molecule has 0 radical (unpaired) electrons. The summed E-state index contributed by atoms with van der Waals surface area (Å²) >= 11 is 0. The first-order valence-electron chi connectivity index (χ1n) is 6.74. The number of hydrogen-bond acceptors (Lipinski definition) is 4. The fourth-order valence-electron chi connectivity index (χ4n) is 2.69. The van der Waals surface area contributed by atoms with E-state index in [1.165, 1.54) is 0 Å². The fraction of sp³-hybridized carbons (Fsp3) is 0.429. The first-order chi connectivity index (χ1) is 9.65. The van der Waals surface area contributed by atoms with Gasteiger partial charge >= 0.3 is 0 Å². The summed E-state index contributed by atoms with van der Waals surface area (Å²) in [5, 5.41) is 4.19. The van der Waals surface area contributed by atoms with Crippen molar-refractivity contribution in [1.29, 1.82) is 0 Å². The van der Waals surface area contributed by atoms with E-state index in [1.54, 1.807) is 23.9 Å². The van der Waals surface area contributed by atoms with E-state index < -0.39 is 0 Å². The summed E-state index contributed by atoms with van der Waals surface area (Å²) in [5.41, 5.74) is 1.55. The van der Waals surface area contributed by atoms with Gasteiger partial charge in [0.2, 0.25) is 0 Å². The minimum Gasteiger partial charge on any atom is -0.330 e. The van der Waals surface area contributed by atoms with Crippen LogP contribution >= 0.6 is 0 Å².